The molecular weight excluding hydrogens is 262 g/mol. The maximum atomic E-state index is 14.1. The molecule has 1 N–H and O–H groups in total. The van der Waals surface area contributed by atoms with Gasteiger partial charge in [-0.3, -0.25) is 0 Å². The number of methoxy groups -OCH3 is 1. The quantitative estimate of drug-likeness (QED) is 0.928. The van der Waals surface area contributed by atoms with E-state index in [1.165, 1.54) is 20.1 Å². The highest BCUT2D eigenvalue weighted by atomic mass is 19.1. The standard InChI is InChI=1S/C16H16F2O2/c1-9-4-6-11(13(8-9)20-3)16(19)14-12(17)7-5-10(2)15(14)18/h4-8,16,19H,1-3H3. The van der Waals surface area contributed by atoms with Crippen LogP contribution in [0, 0.1) is 25.5 Å². The van der Waals surface area contributed by atoms with Crippen LogP contribution in [0.4, 0.5) is 8.78 Å². The number of aliphatic hydroxyl groups is 1. The largest absolute Gasteiger partial charge is 0.496 e. The van der Waals surface area contributed by atoms with Gasteiger partial charge in [0.1, 0.15) is 23.5 Å². The fraction of sp³-hybridized carbons (Fsp3) is 0.250. The number of aryl methyl sites for hydroxylation is 2. The highest BCUT2D eigenvalue weighted by molar-refractivity contribution is 5.44. The van der Waals surface area contributed by atoms with E-state index in [4.69, 9.17) is 4.74 Å². The van der Waals surface area contributed by atoms with Gasteiger partial charge < -0.3 is 9.84 Å². The number of rotatable bonds is 3. The first kappa shape index (κ1) is 14.5. The molecule has 2 nitrogen and oxygen atoms in total. The summed E-state index contributed by atoms with van der Waals surface area (Å²) in [5.74, 6) is -1.11. The minimum Gasteiger partial charge on any atom is -0.496 e. The number of ether oxygens (including phenoxy) is 1. The highest BCUT2D eigenvalue weighted by Gasteiger charge is 2.23. The van der Waals surface area contributed by atoms with E-state index < -0.39 is 17.7 Å². The first-order valence-electron chi connectivity index (χ1n) is 6.22. The van der Waals surface area contributed by atoms with Crippen molar-refractivity contribution in [3.8, 4) is 5.75 Å². The Morgan fingerprint density at radius 1 is 1.10 bits per heavy atom. The number of halogens is 2. The molecular formula is C16H16F2O2. The lowest BCUT2D eigenvalue weighted by Crippen LogP contribution is -2.08. The van der Waals surface area contributed by atoms with Crippen LogP contribution in [0.3, 0.4) is 0 Å². The molecule has 2 aromatic rings. The van der Waals surface area contributed by atoms with E-state index in [9.17, 15) is 13.9 Å². The van der Waals surface area contributed by atoms with Crippen LogP contribution in [0.25, 0.3) is 0 Å². The molecule has 0 saturated carbocycles. The molecule has 1 unspecified atom stereocenters. The maximum absolute atomic E-state index is 14.1. The van der Waals surface area contributed by atoms with Crippen molar-refractivity contribution < 1.29 is 18.6 Å². The predicted octanol–water partition coefficient (Wildman–Crippen LogP) is 3.67. The first-order chi connectivity index (χ1) is 9.45. The summed E-state index contributed by atoms with van der Waals surface area (Å²) in [6.07, 6.45) is -1.41. The van der Waals surface area contributed by atoms with Crippen molar-refractivity contribution >= 4 is 0 Å². The van der Waals surface area contributed by atoms with Crippen LogP contribution < -0.4 is 4.74 Å². The molecule has 0 aliphatic carbocycles. The third kappa shape index (κ3) is 2.51. The van der Waals surface area contributed by atoms with E-state index in [-0.39, 0.29) is 11.1 Å². The summed E-state index contributed by atoms with van der Waals surface area (Å²) >= 11 is 0. The van der Waals surface area contributed by atoms with Gasteiger partial charge >= 0.3 is 0 Å². The monoisotopic (exact) mass is 278 g/mol. The van der Waals surface area contributed by atoms with Gasteiger partial charge in [0.05, 0.1) is 12.7 Å². The van der Waals surface area contributed by atoms with Crippen LogP contribution in [-0.4, -0.2) is 12.2 Å². The Labute approximate surface area is 116 Å². The van der Waals surface area contributed by atoms with Gasteiger partial charge in [0.25, 0.3) is 0 Å². The van der Waals surface area contributed by atoms with Gasteiger partial charge in [-0.15, -0.1) is 0 Å². The van der Waals surface area contributed by atoms with Crippen molar-refractivity contribution in [1.29, 1.82) is 0 Å². The van der Waals surface area contributed by atoms with E-state index >= 15 is 0 Å². The number of aliphatic hydroxyl groups excluding tert-OH is 1. The Balaban J connectivity index is 2.57. The summed E-state index contributed by atoms with van der Waals surface area (Å²) in [6.45, 7) is 3.39. The van der Waals surface area contributed by atoms with Crippen LogP contribution in [0.2, 0.25) is 0 Å². The summed E-state index contributed by atoms with van der Waals surface area (Å²) in [5.41, 5.74) is 1.20. The molecule has 0 radical (unpaired) electrons. The van der Waals surface area contributed by atoms with Gasteiger partial charge in [-0.05, 0) is 37.1 Å². The van der Waals surface area contributed by atoms with Gasteiger partial charge in [-0.25, -0.2) is 8.78 Å². The zero-order valence-electron chi connectivity index (χ0n) is 11.6. The fourth-order valence-corrected chi connectivity index (χ4v) is 2.13. The third-order valence-corrected chi connectivity index (χ3v) is 3.28. The van der Waals surface area contributed by atoms with Crippen LogP contribution in [0.1, 0.15) is 28.4 Å². The van der Waals surface area contributed by atoms with Crippen molar-refractivity contribution in [3.63, 3.8) is 0 Å². The molecule has 0 spiro atoms. The maximum Gasteiger partial charge on any atom is 0.135 e. The first-order valence-corrected chi connectivity index (χ1v) is 6.22. The van der Waals surface area contributed by atoms with E-state index in [2.05, 4.69) is 0 Å². The fourth-order valence-electron chi connectivity index (χ4n) is 2.13. The van der Waals surface area contributed by atoms with Gasteiger partial charge in [0.15, 0.2) is 0 Å². The van der Waals surface area contributed by atoms with Gasteiger partial charge in [-0.1, -0.05) is 18.2 Å². The molecule has 106 valence electrons. The molecule has 20 heavy (non-hydrogen) atoms. The smallest absolute Gasteiger partial charge is 0.135 e. The summed E-state index contributed by atoms with van der Waals surface area (Å²) in [6, 6.07) is 7.57. The van der Waals surface area contributed by atoms with Gasteiger partial charge in [-0.2, -0.15) is 0 Å². The SMILES string of the molecule is COc1cc(C)ccc1C(O)c1c(F)ccc(C)c1F. The Kier molecular flexibility index (Phi) is 4.04. The lowest BCUT2D eigenvalue weighted by Gasteiger charge is -2.17. The summed E-state index contributed by atoms with van der Waals surface area (Å²) < 4.78 is 33.1. The normalized spacial score (nSPS) is 12.3. The third-order valence-electron chi connectivity index (χ3n) is 3.28. The second kappa shape index (κ2) is 5.59. The predicted molar refractivity (Wildman–Crippen MR) is 72.9 cm³/mol. The van der Waals surface area contributed by atoms with Crippen molar-refractivity contribution in [2.75, 3.05) is 7.11 Å². The zero-order valence-corrected chi connectivity index (χ0v) is 11.6. The molecule has 0 saturated heterocycles. The molecule has 0 aromatic heterocycles. The van der Waals surface area contributed by atoms with Crippen molar-refractivity contribution in [3.05, 3.63) is 64.2 Å². The molecule has 0 bridgehead atoms. The second-order valence-corrected chi connectivity index (χ2v) is 4.74. The van der Waals surface area contributed by atoms with Crippen molar-refractivity contribution in [2.45, 2.75) is 20.0 Å². The van der Waals surface area contributed by atoms with E-state index in [1.807, 2.05) is 6.92 Å². The Hall–Kier alpha value is -1.94. The highest BCUT2D eigenvalue weighted by Crippen LogP contribution is 2.34. The molecule has 0 aliphatic rings. The molecule has 2 aromatic carbocycles. The number of hydrogen-bond acceptors (Lipinski definition) is 2. The van der Waals surface area contributed by atoms with E-state index in [0.29, 0.717) is 11.3 Å². The average Bonchev–Trinajstić information content (AvgIpc) is 2.43. The lowest BCUT2D eigenvalue weighted by molar-refractivity contribution is 0.203. The molecule has 0 amide bonds. The zero-order chi connectivity index (χ0) is 14.9. The van der Waals surface area contributed by atoms with Crippen LogP contribution in [-0.2, 0) is 0 Å². The Morgan fingerprint density at radius 3 is 2.45 bits per heavy atom. The Morgan fingerprint density at radius 2 is 1.80 bits per heavy atom. The van der Waals surface area contributed by atoms with E-state index in [1.54, 1.807) is 18.2 Å². The second-order valence-electron chi connectivity index (χ2n) is 4.74. The van der Waals surface area contributed by atoms with Gasteiger partial charge in [0.2, 0.25) is 0 Å². The van der Waals surface area contributed by atoms with Crippen LogP contribution in [0.5, 0.6) is 5.75 Å². The van der Waals surface area contributed by atoms with Crippen LogP contribution >= 0.6 is 0 Å². The molecule has 0 heterocycles. The molecule has 2 rings (SSSR count). The summed E-state index contributed by atoms with van der Waals surface area (Å²) in [4.78, 5) is 0. The molecule has 0 fully saturated rings. The Bertz CT molecular complexity index is 639. The number of benzene rings is 2. The minimum atomic E-state index is -1.41. The number of hydrogen-bond donors (Lipinski definition) is 1. The van der Waals surface area contributed by atoms with Crippen molar-refractivity contribution in [1.82, 2.24) is 0 Å². The topological polar surface area (TPSA) is 29.5 Å². The molecule has 1 atom stereocenters. The molecule has 4 heteroatoms. The molecule has 0 aliphatic heterocycles. The van der Waals surface area contributed by atoms with Crippen molar-refractivity contribution in [2.24, 2.45) is 0 Å². The average molecular weight is 278 g/mol. The van der Waals surface area contributed by atoms with Crippen LogP contribution in [0.15, 0.2) is 30.3 Å². The van der Waals surface area contributed by atoms with E-state index in [0.717, 1.165) is 11.6 Å². The van der Waals surface area contributed by atoms with Gasteiger partial charge in [0, 0.05) is 5.56 Å². The summed E-state index contributed by atoms with van der Waals surface area (Å²) in [7, 11) is 1.45. The minimum absolute atomic E-state index is 0.284. The summed E-state index contributed by atoms with van der Waals surface area (Å²) in [5, 5.41) is 10.3. The lowest BCUT2D eigenvalue weighted by atomic mass is 9.97.